The van der Waals surface area contributed by atoms with Crippen LogP contribution in [0.5, 0.6) is 0 Å². The van der Waals surface area contributed by atoms with Crippen LogP contribution in [0.15, 0.2) is 17.1 Å². The van der Waals surface area contributed by atoms with Gasteiger partial charge in [0.2, 0.25) is 0 Å². The van der Waals surface area contributed by atoms with Crippen LogP contribution >= 0.6 is 0 Å². The molecule has 4 heteroatoms. The van der Waals surface area contributed by atoms with Gasteiger partial charge in [-0.3, -0.25) is 4.79 Å². The number of rotatable bonds is 1. The van der Waals surface area contributed by atoms with E-state index >= 15 is 0 Å². The number of hydrogen-bond acceptors (Lipinski definition) is 3. The largest absolute Gasteiger partial charge is 0.394 e. The molecule has 70 valence electrons. The van der Waals surface area contributed by atoms with Crippen LogP contribution in [0.25, 0.3) is 0 Å². The van der Waals surface area contributed by atoms with E-state index in [0.29, 0.717) is 11.7 Å². The predicted molar refractivity (Wildman–Crippen MR) is 51.5 cm³/mol. The number of nitrogens with two attached hydrogens (primary N) is 1. The third kappa shape index (κ3) is 1.58. The molecule has 1 aromatic rings. The maximum atomic E-state index is 11.0. The average molecular weight is 179 g/mol. The van der Waals surface area contributed by atoms with Gasteiger partial charge in [-0.05, 0) is 31.0 Å². The lowest BCUT2D eigenvalue weighted by molar-refractivity contribution is 0.645. The van der Waals surface area contributed by atoms with E-state index in [4.69, 9.17) is 5.73 Å². The molecule has 1 aliphatic rings. The molecule has 1 unspecified atom stereocenters. The number of hydrogen-bond donors (Lipinski definition) is 3. The first-order chi connectivity index (χ1) is 6.27. The molecule has 1 fully saturated rings. The minimum absolute atomic E-state index is 0.207. The van der Waals surface area contributed by atoms with Crippen LogP contribution in [0.1, 0.15) is 24.4 Å². The van der Waals surface area contributed by atoms with Crippen molar-refractivity contribution in [1.82, 2.24) is 10.3 Å². The summed E-state index contributed by atoms with van der Waals surface area (Å²) in [7, 11) is 0. The Morgan fingerprint density at radius 3 is 3.00 bits per heavy atom. The highest BCUT2D eigenvalue weighted by Crippen LogP contribution is 2.22. The van der Waals surface area contributed by atoms with Gasteiger partial charge in [-0.1, -0.05) is 0 Å². The third-order valence-corrected chi connectivity index (χ3v) is 2.42. The molecule has 13 heavy (non-hydrogen) atoms. The van der Waals surface area contributed by atoms with Gasteiger partial charge in [0, 0.05) is 12.2 Å². The van der Waals surface area contributed by atoms with Crippen molar-refractivity contribution in [2.45, 2.75) is 18.9 Å². The number of nitrogens with one attached hydrogen (secondary N) is 2. The van der Waals surface area contributed by atoms with Gasteiger partial charge >= 0.3 is 0 Å². The standard InChI is InChI=1S/C9H13N3O/c10-7-4-6(5-12-9(7)13)8-2-1-3-11-8/h4-5,8,11H,1-3,10H2,(H,12,13). The van der Waals surface area contributed by atoms with Crippen molar-refractivity contribution in [2.75, 3.05) is 12.3 Å². The Kier molecular flexibility index (Phi) is 2.06. The lowest BCUT2D eigenvalue weighted by Crippen LogP contribution is -2.17. The summed E-state index contributed by atoms with van der Waals surface area (Å²) in [5.74, 6) is 0. The summed E-state index contributed by atoms with van der Waals surface area (Å²) in [6.45, 7) is 1.05. The molecule has 2 heterocycles. The number of aromatic amines is 1. The molecule has 0 aromatic carbocycles. The minimum Gasteiger partial charge on any atom is -0.394 e. The van der Waals surface area contributed by atoms with E-state index in [1.807, 2.05) is 0 Å². The van der Waals surface area contributed by atoms with Crippen LogP contribution in [0.3, 0.4) is 0 Å². The molecule has 4 N–H and O–H groups in total. The summed E-state index contributed by atoms with van der Waals surface area (Å²) in [5, 5.41) is 3.34. The van der Waals surface area contributed by atoms with Gasteiger partial charge in [0.15, 0.2) is 0 Å². The number of H-pyrrole nitrogens is 1. The van der Waals surface area contributed by atoms with Crippen LogP contribution in [0.2, 0.25) is 0 Å². The smallest absolute Gasteiger partial charge is 0.271 e. The van der Waals surface area contributed by atoms with Crippen LogP contribution in [0, 0.1) is 0 Å². The van der Waals surface area contributed by atoms with E-state index in [2.05, 4.69) is 10.3 Å². The summed E-state index contributed by atoms with van der Waals surface area (Å²) in [6, 6.07) is 2.11. The zero-order valence-electron chi connectivity index (χ0n) is 7.34. The summed E-state index contributed by atoms with van der Waals surface area (Å²) >= 11 is 0. The molecule has 0 saturated carbocycles. The molecular formula is C9H13N3O. The predicted octanol–water partition coefficient (Wildman–Crippen LogP) is 0.382. The van der Waals surface area contributed by atoms with Crippen LogP contribution < -0.4 is 16.6 Å². The Hall–Kier alpha value is -1.29. The number of aromatic nitrogens is 1. The van der Waals surface area contributed by atoms with Crippen molar-refractivity contribution in [2.24, 2.45) is 0 Å². The van der Waals surface area contributed by atoms with E-state index in [-0.39, 0.29) is 5.56 Å². The molecule has 1 saturated heterocycles. The SMILES string of the molecule is Nc1cc(C2CCCN2)c[nH]c1=O. The van der Waals surface area contributed by atoms with Crippen molar-refractivity contribution in [3.8, 4) is 0 Å². The van der Waals surface area contributed by atoms with E-state index in [1.165, 1.54) is 6.42 Å². The fraction of sp³-hybridized carbons (Fsp3) is 0.444. The first kappa shape index (κ1) is 8.31. The second-order valence-corrected chi connectivity index (χ2v) is 3.37. The molecule has 1 aliphatic heterocycles. The van der Waals surface area contributed by atoms with Gasteiger partial charge in [-0.2, -0.15) is 0 Å². The van der Waals surface area contributed by atoms with E-state index in [1.54, 1.807) is 12.3 Å². The van der Waals surface area contributed by atoms with Gasteiger partial charge in [0.1, 0.15) is 0 Å². The van der Waals surface area contributed by atoms with Crippen molar-refractivity contribution in [3.63, 3.8) is 0 Å². The zero-order chi connectivity index (χ0) is 9.26. The monoisotopic (exact) mass is 179 g/mol. The second kappa shape index (κ2) is 3.22. The molecule has 0 aliphatic carbocycles. The molecule has 0 amide bonds. The van der Waals surface area contributed by atoms with Crippen molar-refractivity contribution >= 4 is 5.69 Å². The van der Waals surface area contributed by atoms with Crippen molar-refractivity contribution in [3.05, 3.63) is 28.2 Å². The minimum atomic E-state index is -0.207. The van der Waals surface area contributed by atoms with Gasteiger partial charge in [-0.15, -0.1) is 0 Å². The third-order valence-electron chi connectivity index (χ3n) is 2.42. The molecule has 4 nitrogen and oxygen atoms in total. The first-order valence-electron chi connectivity index (χ1n) is 4.49. The van der Waals surface area contributed by atoms with Crippen LogP contribution in [-0.4, -0.2) is 11.5 Å². The van der Waals surface area contributed by atoms with Crippen LogP contribution in [-0.2, 0) is 0 Å². The van der Waals surface area contributed by atoms with Gasteiger partial charge in [0.25, 0.3) is 5.56 Å². The molecule has 1 atom stereocenters. The highest BCUT2D eigenvalue weighted by atomic mass is 16.1. The van der Waals surface area contributed by atoms with Gasteiger partial charge in [0.05, 0.1) is 5.69 Å². The van der Waals surface area contributed by atoms with Crippen molar-refractivity contribution in [1.29, 1.82) is 0 Å². The van der Waals surface area contributed by atoms with Crippen LogP contribution in [0.4, 0.5) is 5.69 Å². The highest BCUT2D eigenvalue weighted by Gasteiger charge is 2.16. The lowest BCUT2D eigenvalue weighted by Gasteiger charge is -2.09. The van der Waals surface area contributed by atoms with E-state index in [0.717, 1.165) is 18.5 Å². The maximum Gasteiger partial charge on any atom is 0.271 e. The summed E-state index contributed by atoms with van der Waals surface area (Å²) in [6.07, 6.45) is 4.04. The van der Waals surface area contributed by atoms with E-state index < -0.39 is 0 Å². The quantitative estimate of drug-likeness (QED) is 0.583. The molecule has 0 radical (unpaired) electrons. The maximum absolute atomic E-state index is 11.0. The number of pyridine rings is 1. The summed E-state index contributed by atoms with van der Waals surface area (Å²) in [4.78, 5) is 13.6. The fourth-order valence-corrected chi connectivity index (χ4v) is 1.69. The lowest BCUT2D eigenvalue weighted by atomic mass is 10.1. The number of anilines is 1. The topological polar surface area (TPSA) is 70.9 Å². The normalized spacial score (nSPS) is 22.0. The average Bonchev–Trinajstić information content (AvgIpc) is 2.62. The van der Waals surface area contributed by atoms with Gasteiger partial charge in [-0.25, -0.2) is 0 Å². The Labute approximate surface area is 76.2 Å². The molecular weight excluding hydrogens is 166 g/mol. The van der Waals surface area contributed by atoms with E-state index in [9.17, 15) is 4.79 Å². The summed E-state index contributed by atoms with van der Waals surface area (Å²) < 4.78 is 0. The fourth-order valence-electron chi connectivity index (χ4n) is 1.69. The summed E-state index contributed by atoms with van der Waals surface area (Å²) in [5.41, 5.74) is 6.69. The van der Waals surface area contributed by atoms with Crippen molar-refractivity contribution < 1.29 is 0 Å². The Bertz CT molecular complexity index is 352. The zero-order valence-corrected chi connectivity index (χ0v) is 7.34. The molecule has 1 aromatic heterocycles. The molecule has 2 rings (SSSR count). The molecule has 0 bridgehead atoms. The Morgan fingerprint density at radius 2 is 2.38 bits per heavy atom. The highest BCUT2D eigenvalue weighted by molar-refractivity contribution is 5.38. The number of nitrogen functional groups attached to an aromatic ring is 1. The molecule has 0 spiro atoms. The van der Waals surface area contributed by atoms with Gasteiger partial charge < -0.3 is 16.0 Å². The Balaban J connectivity index is 2.30. The second-order valence-electron chi connectivity index (χ2n) is 3.37. The first-order valence-corrected chi connectivity index (χ1v) is 4.49. The Morgan fingerprint density at radius 1 is 1.54 bits per heavy atom.